The minimum absolute atomic E-state index is 0.0206. The average Bonchev–Trinajstić information content (AvgIpc) is 3.42. The van der Waals surface area contributed by atoms with Crippen LogP contribution in [-0.2, 0) is 20.8 Å². The Hall–Kier alpha value is -1.23. The van der Waals surface area contributed by atoms with Gasteiger partial charge in [-0.25, -0.2) is 0 Å². The Labute approximate surface area is 230 Å². The van der Waals surface area contributed by atoms with E-state index >= 15 is 0 Å². The normalized spacial score (nSPS) is 10.8. The van der Waals surface area contributed by atoms with Gasteiger partial charge in [0, 0.05) is 0 Å². The van der Waals surface area contributed by atoms with Gasteiger partial charge in [0.2, 0.25) is 0 Å². The molecule has 0 nitrogen and oxygen atoms in total. The third kappa shape index (κ3) is 7.63. The first-order valence-corrected chi connectivity index (χ1v) is 19.8. The molecular weight excluding hydrogens is 565 g/mol. The van der Waals surface area contributed by atoms with Crippen molar-refractivity contribution in [1.82, 2.24) is 0 Å². The van der Waals surface area contributed by atoms with Crippen molar-refractivity contribution < 1.29 is 20.8 Å². The van der Waals surface area contributed by atoms with Crippen LogP contribution in [0.4, 0.5) is 0 Å². The summed E-state index contributed by atoms with van der Waals surface area (Å²) in [5.41, 5.74) is 5.49. The number of halogens is 2. The van der Waals surface area contributed by atoms with Crippen molar-refractivity contribution in [3.8, 4) is 11.1 Å². The predicted octanol–water partition coefficient (Wildman–Crippen LogP) is 10.4. The molecule has 0 aliphatic rings. The average molecular weight is 599 g/mol. The van der Waals surface area contributed by atoms with E-state index in [9.17, 15) is 0 Å². The number of benzene rings is 3. The quantitative estimate of drug-likeness (QED) is 0.143. The summed E-state index contributed by atoms with van der Waals surface area (Å²) in [5, 5.41) is 7.05. The summed E-state index contributed by atoms with van der Waals surface area (Å²) in [6.07, 6.45) is 0. The summed E-state index contributed by atoms with van der Waals surface area (Å²) in [4.78, 5) is 0. The van der Waals surface area contributed by atoms with Crippen LogP contribution in [0.5, 0.6) is 0 Å². The van der Waals surface area contributed by atoms with Gasteiger partial charge in [-0.05, 0) is 16.9 Å². The zero-order valence-corrected chi connectivity index (χ0v) is 26.0. The molecule has 35 heavy (non-hydrogen) atoms. The second-order valence-corrected chi connectivity index (χ2v) is 16.3. The van der Waals surface area contributed by atoms with E-state index in [0.717, 1.165) is 11.3 Å². The molecule has 0 spiro atoms. The zero-order chi connectivity index (χ0) is 25.4. The molecule has 0 heterocycles. The predicted molar refractivity (Wildman–Crippen MR) is 158 cm³/mol. The third-order valence-corrected chi connectivity index (χ3v) is 9.07. The Balaban J connectivity index is 0.000000176. The number of fused-ring (bicyclic) bond motifs is 2. The number of aryl methyl sites for hydroxylation is 1. The van der Waals surface area contributed by atoms with Gasteiger partial charge < -0.3 is 0 Å². The van der Waals surface area contributed by atoms with Crippen LogP contribution >= 0.6 is 24.9 Å². The summed E-state index contributed by atoms with van der Waals surface area (Å²) in [5.74, 6) is 0. The molecule has 5 rings (SSSR count). The molecule has 0 unspecified atom stereocenters. The van der Waals surface area contributed by atoms with Crippen molar-refractivity contribution in [2.75, 3.05) is 0 Å². The van der Waals surface area contributed by atoms with Crippen LogP contribution in [0.3, 0.4) is 0 Å². The molecule has 0 amide bonds. The second kappa shape index (κ2) is 13.9. The summed E-state index contributed by atoms with van der Waals surface area (Å²) in [6.45, 7) is 11.5. The van der Waals surface area contributed by atoms with E-state index in [-0.39, 0.29) is 7.92 Å². The van der Waals surface area contributed by atoms with Crippen LogP contribution < -0.4 is 5.30 Å². The Bertz CT molecular complexity index is 1280. The summed E-state index contributed by atoms with van der Waals surface area (Å²) < 4.78 is 0. The first-order valence-electron chi connectivity index (χ1n) is 12.0. The molecule has 0 atom stereocenters. The molecule has 5 aromatic rings. The monoisotopic (exact) mass is 596 g/mol. The van der Waals surface area contributed by atoms with Gasteiger partial charge in [0.15, 0.2) is 0 Å². The summed E-state index contributed by atoms with van der Waals surface area (Å²) >= 11 is -0.826. The van der Waals surface area contributed by atoms with E-state index in [1.54, 1.807) is 5.30 Å². The van der Waals surface area contributed by atoms with E-state index in [4.69, 9.17) is 17.0 Å². The Morgan fingerprint density at radius 3 is 1.94 bits per heavy atom. The molecular formula is C31H33Cl2PZr. The van der Waals surface area contributed by atoms with Crippen LogP contribution in [0.15, 0.2) is 97.1 Å². The maximum atomic E-state index is 4.93. The van der Waals surface area contributed by atoms with Gasteiger partial charge in [-0.15, -0.1) is 74.9 Å². The van der Waals surface area contributed by atoms with Crippen LogP contribution in [0.25, 0.3) is 32.7 Å². The molecule has 0 N–H and O–H groups in total. The molecule has 180 valence electrons. The molecule has 0 aromatic heterocycles. The molecule has 5 aromatic carbocycles. The van der Waals surface area contributed by atoms with E-state index in [1.165, 1.54) is 38.2 Å². The van der Waals surface area contributed by atoms with Crippen molar-refractivity contribution in [3.05, 3.63) is 103 Å². The van der Waals surface area contributed by atoms with Crippen LogP contribution in [0.2, 0.25) is 0 Å². The SMILES string of the molecule is CC(C)P(c1cc2ccccc2[cH-]1)C(C)C.Cc1cc2c(-c3ccccc3)cccc2[cH-]1.[Cl][Zr+2][Cl]. The van der Waals surface area contributed by atoms with E-state index < -0.39 is 20.8 Å². The van der Waals surface area contributed by atoms with E-state index in [0.29, 0.717) is 0 Å². The van der Waals surface area contributed by atoms with Crippen molar-refractivity contribution >= 4 is 51.8 Å². The molecule has 0 saturated carbocycles. The fourth-order valence-corrected chi connectivity index (χ4v) is 7.69. The standard InChI is InChI=1S/C16H13.C15H20P.2ClH.Zr/c1-12-10-14-8-5-9-15(16(14)11-12)13-6-3-2-4-7-13;1-11(2)16(12(3)4)15-9-13-7-5-6-8-14(13)10-15;;;/h2-11H,1H3;5-12H,1-4H3;2*1H;/q2*-1;;;+4/p-2. The van der Waals surface area contributed by atoms with Gasteiger partial charge in [-0.2, -0.15) is 12.1 Å². The van der Waals surface area contributed by atoms with Crippen molar-refractivity contribution in [2.45, 2.75) is 45.9 Å². The van der Waals surface area contributed by atoms with Gasteiger partial charge in [0.25, 0.3) is 0 Å². The second-order valence-electron chi connectivity index (χ2n) is 9.22. The van der Waals surface area contributed by atoms with Crippen molar-refractivity contribution in [1.29, 1.82) is 0 Å². The van der Waals surface area contributed by atoms with Gasteiger partial charge >= 0.3 is 37.9 Å². The van der Waals surface area contributed by atoms with Gasteiger partial charge in [-0.1, -0.05) is 90.6 Å². The zero-order valence-electron chi connectivity index (χ0n) is 21.1. The molecule has 4 heteroatoms. The van der Waals surface area contributed by atoms with Crippen molar-refractivity contribution in [2.24, 2.45) is 0 Å². The van der Waals surface area contributed by atoms with E-state index in [1.807, 2.05) is 0 Å². The van der Waals surface area contributed by atoms with Crippen LogP contribution in [-0.4, -0.2) is 11.3 Å². The van der Waals surface area contributed by atoms with Crippen LogP contribution in [0, 0.1) is 6.92 Å². The summed E-state index contributed by atoms with van der Waals surface area (Å²) in [6, 6.07) is 35.0. The minimum atomic E-state index is -0.826. The number of hydrogen-bond donors (Lipinski definition) is 0. The van der Waals surface area contributed by atoms with Gasteiger partial charge in [0.1, 0.15) is 0 Å². The van der Waals surface area contributed by atoms with E-state index in [2.05, 4.69) is 132 Å². The number of hydrogen-bond acceptors (Lipinski definition) is 0. The van der Waals surface area contributed by atoms with Gasteiger partial charge in [0.05, 0.1) is 0 Å². The molecule has 0 aliphatic carbocycles. The third-order valence-electron chi connectivity index (χ3n) is 5.99. The Kier molecular flexibility index (Phi) is 11.3. The fraction of sp³-hybridized carbons (Fsp3) is 0.226. The molecule has 0 aliphatic heterocycles. The summed E-state index contributed by atoms with van der Waals surface area (Å²) in [7, 11) is 9.85. The first-order chi connectivity index (χ1) is 16.8. The Morgan fingerprint density at radius 2 is 1.31 bits per heavy atom. The molecule has 0 saturated heterocycles. The fourth-order valence-electron chi connectivity index (χ4n) is 4.73. The number of rotatable bonds is 4. The molecule has 0 fully saturated rings. The van der Waals surface area contributed by atoms with Crippen LogP contribution in [0.1, 0.15) is 33.3 Å². The van der Waals surface area contributed by atoms with Gasteiger partial charge in [-0.3, -0.25) is 0 Å². The topological polar surface area (TPSA) is 0 Å². The maximum absolute atomic E-state index is 4.93. The Morgan fingerprint density at radius 1 is 0.714 bits per heavy atom. The first kappa shape index (κ1) is 28.3. The molecule has 0 radical (unpaired) electrons. The molecule has 0 bridgehead atoms. The van der Waals surface area contributed by atoms with Crippen molar-refractivity contribution in [3.63, 3.8) is 0 Å².